The summed E-state index contributed by atoms with van der Waals surface area (Å²) < 4.78 is 11.2. The summed E-state index contributed by atoms with van der Waals surface area (Å²) in [6.07, 6.45) is 2.78. The van der Waals surface area contributed by atoms with Gasteiger partial charge in [-0.3, -0.25) is 0 Å². The molecule has 1 saturated heterocycles. The van der Waals surface area contributed by atoms with E-state index in [2.05, 4.69) is 29.8 Å². The van der Waals surface area contributed by atoms with Crippen LogP contribution in [0.3, 0.4) is 0 Å². The van der Waals surface area contributed by atoms with E-state index in [1.54, 1.807) is 11.3 Å². The second-order valence-electron chi connectivity index (χ2n) is 4.43. The van der Waals surface area contributed by atoms with E-state index >= 15 is 0 Å². The zero-order valence-electron chi connectivity index (χ0n) is 10.4. The number of nitrogens with one attached hydrogen (secondary N) is 1. The molecular formula is C13H21NO2S. The van der Waals surface area contributed by atoms with Gasteiger partial charge in [-0.05, 0) is 31.2 Å². The second kappa shape index (κ2) is 7.11. The molecule has 1 aromatic rings. The summed E-state index contributed by atoms with van der Waals surface area (Å²) in [5, 5.41) is 5.54. The maximum atomic E-state index is 5.63. The van der Waals surface area contributed by atoms with Crippen molar-refractivity contribution in [1.29, 1.82) is 0 Å². The molecule has 1 fully saturated rings. The van der Waals surface area contributed by atoms with Gasteiger partial charge in [0.25, 0.3) is 0 Å². The van der Waals surface area contributed by atoms with E-state index in [0.717, 1.165) is 26.4 Å². The van der Waals surface area contributed by atoms with Gasteiger partial charge in [-0.15, -0.1) is 11.3 Å². The third kappa shape index (κ3) is 4.39. The average Bonchev–Trinajstić information content (AvgIpc) is 3.01. The zero-order valence-corrected chi connectivity index (χ0v) is 11.2. The molecule has 17 heavy (non-hydrogen) atoms. The van der Waals surface area contributed by atoms with Crippen molar-refractivity contribution in [3.8, 4) is 0 Å². The Hall–Kier alpha value is -0.420. The molecule has 0 spiro atoms. The lowest BCUT2D eigenvalue weighted by atomic mass is 10.1. The van der Waals surface area contributed by atoms with Crippen molar-refractivity contribution in [3.05, 3.63) is 22.4 Å². The quantitative estimate of drug-likeness (QED) is 0.759. The highest BCUT2D eigenvalue weighted by molar-refractivity contribution is 7.09. The standard InChI is InChI=1S/C13H21NO2S/c1-11(13-5-2-7-16-13)14-6-8-15-10-12-4-3-9-17-12/h3-4,9,11,13-14H,2,5-8,10H2,1H3. The maximum Gasteiger partial charge on any atom is 0.0809 e. The molecule has 0 radical (unpaired) electrons. The smallest absolute Gasteiger partial charge is 0.0809 e. The minimum atomic E-state index is 0.396. The van der Waals surface area contributed by atoms with Gasteiger partial charge in [0.15, 0.2) is 0 Å². The fraction of sp³-hybridized carbons (Fsp3) is 0.692. The molecule has 2 unspecified atom stereocenters. The van der Waals surface area contributed by atoms with Gasteiger partial charge >= 0.3 is 0 Å². The highest BCUT2D eigenvalue weighted by Crippen LogP contribution is 2.15. The molecule has 1 aromatic heterocycles. The molecule has 0 bridgehead atoms. The van der Waals surface area contributed by atoms with Crippen LogP contribution in [-0.2, 0) is 16.1 Å². The predicted octanol–water partition coefficient (Wildman–Crippen LogP) is 2.42. The molecule has 0 amide bonds. The minimum absolute atomic E-state index is 0.396. The number of hydrogen-bond acceptors (Lipinski definition) is 4. The van der Waals surface area contributed by atoms with Crippen molar-refractivity contribution in [1.82, 2.24) is 5.32 Å². The van der Waals surface area contributed by atoms with E-state index in [1.807, 2.05) is 0 Å². The number of hydrogen-bond donors (Lipinski definition) is 1. The van der Waals surface area contributed by atoms with Gasteiger partial charge < -0.3 is 14.8 Å². The molecule has 0 aliphatic carbocycles. The summed E-state index contributed by atoms with van der Waals surface area (Å²) in [7, 11) is 0. The van der Waals surface area contributed by atoms with Crippen LogP contribution in [-0.4, -0.2) is 31.9 Å². The van der Waals surface area contributed by atoms with E-state index in [0.29, 0.717) is 12.1 Å². The molecule has 1 N–H and O–H groups in total. The van der Waals surface area contributed by atoms with Crippen molar-refractivity contribution in [2.24, 2.45) is 0 Å². The van der Waals surface area contributed by atoms with Crippen LogP contribution in [0.5, 0.6) is 0 Å². The van der Waals surface area contributed by atoms with Gasteiger partial charge in [-0.2, -0.15) is 0 Å². The first-order valence-corrected chi connectivity index (χ1v) is 7.19. The Balaban J connectivity index is 1.51. The van der Waals surface area contributed by atoms with Crippen LogP contribution in [0.2, 0.25) is 0 Å². The van der Waals surface area contributed by atoms with Crippen LogP contribution in [0, 0.1) is 0 Å². The zero-order chi connectivity index (χ0) is 11.9. The SMILES string of the molecule is CC(NCCOCc1cccs1)C1CCCO1. The first kappa shape index (κ1) is 13.0. The first-order chi connectivity index (χ1) is 8.36. The van der Waals surface area contributed by atoms with Crippen molar-refractivity contribution >= 4 is 11.3 Å². The molecule has 2 heterocycles. The van der Waals surface area contributed by atoms with Crippen LogP contribution >= 0.6 is 11.3 Å². The van der Waals surface area contributed by atoms with Crippen molar-refractivity contribution < 1.29 is 9.47 Å². The molecular weight excluding hydrogens is 234 g/mol. The summed E-state index contributed by atoms with van der Waals surface area (Å²) in [5.41, 5.74) is 0. The van der Waals surface area contributed by atoms with Gasteiger partial charge in [0.05, 0.1) is 19.3 Å². The Morgan fingerprint density at radius 2 is 2.59 bits per heavy atom. The summed E-state index contributed by atoms with van der Waals surface area (Å²) in [5.74, 6) is 0. The Morgan fingerprint density at radius 3 is 3.29 bits per heavy atom. The molecule has 96 valence electrons. The predicted molar refractivity (Wildman–Crippen MR) is 70.4 cm³/mol. The number of rotatable bonds is 7. The second-order valence-corrected chi connectivity index (χ2v) is 5.46. The molecule has 1 aliphatic heterocycles. The monoisotopic (exact) mass is 255 g/mol. The van der Waals surface area contributed by atoms with Crippen LogP contribution in [0.25, 0.3) is 0 Å². The first-order valence-electron chi connectivity index (χ1n) is 6.31. The number of thiophene rings is 1. The lowest BCUT2D eigenvalue weighted by molar-refractivity contribution is 0.0754. The largest absolute Gasteiger partial charge is 0.377 e. The Labute approximate surface area is 107 Å². The fourth-order valence-electron chi connectivity index (χ4n) is 2.05. The highest BCUT2D eigenvalue weighted by atomic mass is 32.1. The molecule has 1 aliphatic rings. The highest BCUT2D eigenvalue weighted by Gasteiger charge is 2.21. The molecule has 0 saturated carbocycles. The van der Waals surface area contributed by atoms with E-state index < -0.39 is 0 Å². The number of ether oxygens (including phenoxy) is 2. The summed E-state index contributed by atoms with van der Waals surface area (Å²) in [4.78, 5) is 1.29. The Morgan fingerprint density at radius 1 is 1.65 bits per heavy atom. The topological polar surface area (TPSA) is 30.5 Å². The average molecular weight is 255 g/mol. The third-order valence-corrected chi connectivity index (χ3v) is 3.91. The van der Waals surface area contributed by atoms with Gasteiger partial charge in [0.1, 0.15) is 0 Å². The molecule has 3 nitrogen and oxygen atoms in total. The van der Waals surface area contributed by atoms with Crippen LogP contribution < -0.4 is 5.32 Å². The van der Waals surface area contributed by atoms with Crippen molar-refractivity contribution in [2.45, 2.75) is 38.5 Å². The molecule has 0 aromatic carbocycles. The van der Waals surface area contributed by atoms with Crippen LogP contribution in [0.15, 0.2) is 17.5 Å². The van der Waals surface area contributed by atoms with Gasteiger partial charge in [-0.1, -0.05) is 6.07 Å². The molecule has 4 heteroatoms. The van der Waals surface area contributed by atoms with Crippen LogP contribution in [0.1, 0.15) is 24.6 Å². The molecule has 2 atom stereocenters. The van der Waals surface area contributed by atoms with E-state index in [1.165, 1.54) is 17.7 Å². The minimum Gasteiger partial charge on any atom is -0.377 e. The maximum absolute atomic E-state index is 5.63. The van der Waals surface area contributed by atoms with E-state index in [-0.39, 0.29) is 0 Å². The van der Waals surface area contributed by atoms with E-state index in [4.69, 9.17) is 9.47 Å². The van der Waals surface area contributed by atoms with Crippen molar-refractivity contribution in [3.63, 3.8) is 0 Å². The van der Waals surface area contributed by atoms with Crippen LogP contribution in [0.4, 0.5) is 0 Å². The fourth-order valence-corrected chi connectivity index (χ4v) is 2.70. The van der Waals surface area contributed by atoms with Crippen molar-refractivity contribution in [2.75, 3.05) is 19.8 Å². The van der Waals surface area contributed by atoms with Gasteiger partial charge in [0.2, 0.25) is 0 Å². The molecule has 2 rings (SSSR count). The lowest BCUT2D eigenvalue weighted by Crippen LogP contribution is -2.38. The summed E-state index contributed by atoms with van der Waals surface area (Å²) >= 11 is 1.74. The Bertz CT molecular complexity index is 296. The lowest BCUT2D eigenvalue weighted by Gasteiger charge is -2.19. The third-order valence-electron chi connectivity index (χ3n) is 3.06. The normalized spacial score (nSPS) is 21.8. The van der Waals surface area contributed by atoms with Gasteiger partial charge in [0, 0.05) is 24.1 Å². The summed E-state index contributed by atoms with van der Waals surface area (Å²) in [6.45, 7) is 5.50. The Kier molecular flexibility index (Phi) is 5.45. The van der Waals surface area contributed by atoms with E-state index in [9.17, 15) is 0 Å². The summed E-state index contributed by atoms with van der Waals surface area (Å²) in [6, 6.07) is 4.59. The van der Waals surface area contributed by atoms with Gasteiger partial charge in [-0.25, -0.2) is 0 Å².